The summed E-state index contributed by atoms with van der Waals surface area (Å²) >= 11 is 0. The molecule has 2 aromatic rings. The monoisotopic (exact) mass is 248 g/mol. The maximum atomic E-state index is 5.61. The Labute approximate surface area is 105 Å². The Morgan fingerprint density at radius 2 is 2.24 bits per heavy atom. The molecule has 2 unspecified atom stereocenters. The average Bonchev–Trinajstić information content (AvgIpc) is 2.81. The van der Waals surface area contributed by atoms with Crippen molar-refractivity contribution in [3.05, 3.63) is 34.7 Å². The number of hydrogen-bond donors (Lipinski definition) is 1. The molecule has 0 bridgehead atoms. The summed E-state index contributed by atoms with van der Waals surface area (Å²) in [4.78, 5) is 0. The summed E-state index contributed by atoms with van der Waals surface area (Å²) in [6.07, 6.45) is 3.73. The first-order valence-corrected chi connectivity index (χ1v) is 7.35. The van der Waals surface area contributed by atoms with E-state index in [9.17, 15) is 0 Å². The Hall–Kier alpha value is -0.900. The summed E-state index contributed by atoms with van der Waals surface area (Å²) in [5, 5.41) is 6.99. The van der Waals surface area contributed by atoms with E-state index in [0.717, 1.165) is 0 Å². The molecule has 90 valence electrons. The molecule has 1 aromatic heterocycles. The number of fused-ring (bicyclic) bond motifs is 3. The zero-order chi connectivity index (χ0) is 11.8. The molecule has 0 amide bonds. The fourth-order valence-electron chi connectivity index (χ4n) is 2.88. The number of hydrogen-bond acceptors (Lipinski definition) is 2. The van der Waals surface area contributed by atoms with Crippen molar-refractivity contribution < 1.29 is 4.18 Å². The van der Waals surface area contributed by atoms with E-state index in [4.69, 9.17) is 4.18 Å². The molecule has 0 aliphatic heterocycles. The summed E-state index contributed by atoms with van der Waals surface area (Å²) in [5.41, 5.74) is 3.01. The van der Waals surface area contributed by atoms with Gasteiger partial charge in [0.1, 0.15) is 10.8 Å². The van der Waals surface area contributed by atoms with Crippen LogP contribution in [0.5, 0.6) is 0 Å². The van der Waals surface area contributed by atoms with Crippen LogP contribution < -0.4 is 9.50 Å². The molecule has 1 aliphatic carbocycles. The largest absolute Gasteiger partial charge is 0.313 e. The number of benzene rings is 1. The third-order valence-corrected chi connectivity index (χ3v) is 5.30. The van der Waals surface area contributed by atoms with Crippen LogP contribution in [0.1, 0.15) is 30.0 Å². The molecule has 1 heterocycles. The SMILES string of the molecule is CNC1CCCc2ccc3cc[s+](OC)c3c21. The van der Waals surface area contributed by atoms with E-state index in [2.05, 4.69) is 35.9 Å². The Bertz CT molecular complexity index is 546. The summed E-state index contributed by atoms with van der Waals surface area (Å²) in [6, 6.07) is 7.24. The minimum absolute atomic E-state index is 0.141. The van der Waals surface area contributed by atoms with Crippen molar-refractivity contribution in [3.8, 4) is 0 Å². The van der Waals surface area contributed by atoms with Crippen LogP contribution in [0.2, 0.25) is 0 Å². The van der Waals surface area contributed by atoms with Gasteiger partial charge in [-0.1, -0.05) is 6.07 Å². The van der Waals surface area contributed by atoms with Crippen LogP contribution >= 0.6 is 10.8 Å². The van der Waals surface area contributed by atoms with Crippen LogP contribution in [0, 0.1) is 0 Å². The van der Waals surface area contributed by atoms with E-state index in [-0.39, 0.29) is 10.8 Å². The van der Waals surface area contributed by atoms with Gasteiger partial charge in [0.25, 0.3) is 0 Å². The average molecular weight is 248 g/mol. The number of aryl methyl sites for hydroxylation is 1. The van der Waals surface area contributed by atoms with Gasteiger partial charge in [-0.15, -0.1) is 0 Å². The highest BCUT2D eigenvalue weighted by Gasteiger charge is 2.28. The van der Waals surface area contributed by atoms with Crippen molar-refractivity contribution >= 4 is 20.8 Å². The van der Waals surface area contributed by atoms with Crippen molar-refractivity contribution in [2.45, 2.75) is 25.3 Å². The van der Waals surface area contributed by atoms with Gasteiger partial charge in [0.2, 0.25) is 4.70 Å². The molecule has 3 heteroatoms. The Balaban J connectivity index is 2.30. The predicted molar refractivity (Wildman–Crippen MR) is 73.7 cm³/mol. The summed E-state index contributed by atoms with van der Waals surface area (Å²) in [5.74, 6) is 0. The molecule has 0 spiro atoms. The topological polar surface area (TPSA) is 21.3 Å². The number of nitrogens with one attached hydrogen (secondary N) is 1. The highest BCUT2D eigenvalue weighted by molar-refractivity contribution is 7.31. The van der Waals surface area contributed by atoms with Gasteiger partial charge in [-0.2, -0.15) is 4.18 Å². The van der Waals surface area contributed by atoms with E-state index in [1.807, 2.05) is 0 Å². The van der Waals surface area contributed by atoms with Crippen molar-refractivity contribution in [2.24, 2.45) is 0 Å². The van der Waals surface area contributed by atoms with Crippen LogP contribution in [-0.4, -0.2) is 14.2 Å². The highest BCUT2D eigenvalue weighted by Crippen LogP contribution is 2.41. The van der Waals surface area contributed by atoms with Crippen molar-refractivity contribution in [1.82, 2.24) is 5.32 Å². The first-order valence-electron chi connectivity index (χ1n) is 6.14. The lowest BCUT2D eigenvalue weighted by Crippen LogP contribution is -2.21. The van der Waals surface area contributed by atoms with Gasteiger partial charge in [0.15, 0.2) is 5.38 Å². The summed E-state index contributed by atoms with van der Waals surface area (Å²) in [6.45, 7) is 0. The molecule has 2 atom stereocenters. The lowest BCUT2D eigenvalue weighted by Gasteiger charge is -2.24. The molecule has 0 radical (unpaired) electrons. The first-order chi connectivity index (χ1) is 8.35. The smallest absolute Gasteiger partial charge is 0.222 e. The van der Waals surface area contributed by atoms with Crippen molar-refractivity contribution in [2.75, 3.05) is 14.2 Å². The molecular formula is C14H18NOS+. The third kappa shape index (κ3) is 1.69. The van der Waals surface area contributed by atoms with E-state index in [0.29, 0.717) is 6.04 Å². The van der Waals surface area contributed by atoms with Crippen LogP contribution in [0.4, 0.5) is 0 Å². The van der Waals surface area contributed by atoms with E-state index in [1.54, 1.807) is 7.11 Å². The number of rotatable bonds is 2. The van der Waals surface area contributed by atoms with Gasteiger partial charge in [-0.25, -0.2) is 0 Å². The quantitative estimate of drug-likeness (QED) is 0.824. The van der Waals surface area contributed by atoms with Crippen molar-refractivity contribution in [1.29, 1.82) is 0 Å². The van der Waals surface area contributed by atoms with Crippen LogP contribution in [0.3, 0.4) is 0 Å². The van der Waals surface area contributed by atoms with E-state index >= 15 is 0 Å². The Morgan fingerprint density at radius 1 is 1.35 bits per heavy atom. The zero-order valence-corrected chi connectivity index (χ0v) is 11.1. The second-order valence-electron chi connectivity index (χ2n) is 4.56. The third-order valence-electron chi connectivity index (χ3n) is 3.70. The van der Waals surface area contributed by atoms with Crippen LogP contribution in [0.15, 0.2) is 23.6 Å². The standard InChI is InChI=1S/C14H18NOS/c1-15-12-5-3-4-10-6-7-11-8-9-17(16-2)14(11)13(10)12/h6-9,12,15H,3-5H2,1-2H3/q+1. The Morgan fingerprint density at radius 3 is 3.00 bits per heavy atom. The maximum absolute atomic E-state index is 5.61. The molecule has 1 N–H and O–H groups in total. The molecule has 1 aromatic carbocycles. The lowest BCUT2D eigenvalue weighted by atomic mass is 9.87. The molecular weight excluding hydrogens is 230 g/mol. The van der Waals surface area contributed by atoms with Crippen LogP contribution in [0.25, 0.3) is 10.1 Å². The van der Waals surface area contributed by atoms with Gasteiger partial charge in [0.05, 0.1) is 7.11 Å². The number of thiophene rings is 1. The summed E-state index contributed by atoms with van der Waals surface area (Å²) in [7, 11) is 3.73. The van der Waals surface area contributed by atoms with Gasteiger partial charge < -0.3 is 5.32 Å². The maximum Gasteiger partial charge on any atom is 0.222 e. The summed E-state index contributed by atoms with van der Waals surface area (Å²) < 4.78 is 7.03. The van der Waals surface area contributed by atoms with Gasteiger partial charge in [0, 0.05) is 23.1 Å². The second kappa shape index (κ2) is 4.41. The molecule has 17 heavy (non-hydrogen) atoms. The lowest BCUT2D eigenvalue weighted by molar-refractivity contribution is 0.500. The fourth-order valence-corrected chi connectivity index (χ4v) is 4.43. The second-order valence-corrected chi connectivity index (χ2v) is 6.17. The molecule has 0 saturated carbocycles. The van der Waals surface area contributed by atoms with E-state index in [1.165, 1.54) is 40.5 Å². The fraction of sp³-hybridized carbons (Fsp3) is 0.429. The first kappa shape index (κ1) is 11.2. The minimum Gasteiger partial charge on any atom is -0.313 e. The van der Waals surface area contributed by atoms with Gasteiger partial charge in [-0.05, 0) is 37.9 Å². The molecule has 2 nitrogen and oxygen atoms in total. The normalized spacial score (nSPS) is 20.6. The minimum atomic E-state index is -0.141. The molecule has 0 fully saturated rings. The zero-order valence-electron chi connectivity index (χ0n) is 10.3. The predicted octanol–water partition coefficient (Wildman–Crippen LogP) is 3.24. The van der Waals surface area contributed by atoms with E-state index < -0.39 is 0 Å². The molecule has 1 aliphatic rings. The Kier molecular flexibility index (Phi) is 2.90. The van der Waals surface area contributed by atoms with Crippen molar-refractivity contribution in [3.63, 3.8) is 0 Å². The highest BCUT2D eigenvalue weighted by atomic mass is 32.2. The van der Waals surface area contributed by atoms with Crippen LogP contribution in [-0.2, 0) is 6.42 Å². The van der Waals surface area contributed by atoms with Gasteiger partial charge in [-0.3, -0.25) is 0 Å². The van der Waals surface area contributed by atoms with Gasteiger partial charge >= 0.3 is 0 Å². The molecule has 0 saturated heterocycles. The molecule has 3 rings (SSSR count).